The summed E-state index contributed by atoms with van der Waals surface area (Å²) in [6.45, 7) is 3.89. The van der Waals surface area contributed by atoms with Gasteiger partial charge in [0.25, 0.3) is 5.50 Å². The average Bonchev–Trinajstić information content (AvgIpc) is 2.71. The zero-order chi connectivity index (χ0) is 14.0. The molecule has 0 radical (unpaired) electrons. The summed E-state index contributed by atoms with van der Waals surface area (Å²) in [5.41, 5.74) is 9.09. The number of nitrogen functional groups attached to an aromatic ring is 1. The molecule has 2 aromatic rings. The summed E-state index contributed by atoms with van der Waals surface area (Å²) in [6.07, 6.45) is 2.29. The standard InChI is InChI=1S/C12H16ClN4OS/c1-7-10(3-4-18)19-6-17(7)11(13)9-5-15-8(2)16-12(9)14/h5-6,11,18H,3-4H2,1-2H3,(H2,14,15,16)/q+1. The normalized spacial score (nSPS) is 12.6. The molecule has 2 aromatic heterocycles. The molecule has 0 saturated heterocycles. The summed E-state index contributed by atoms with van der Waals surface area (Å²) in [6, 6.07) is 0. The van der Waals surface area contributed by atoms with E-state index in [0.29, 0.717) is 23.6 Å². The lowest BCUT2D eigenvalue weighted by atomic mass is 10.2. The van der Waals surface area contributed by atoms with Crippen LogP contribution >= 0.6 is 22.9 Å². The summed E-state index contributed by atoms with van der Waals surface area (Å²) in [7, 11) is 0. The van der Waals surface area contributed by atoms with E-state index >= 15 is 0 Å². The second-order valence-electron chi connectivity index (χ2n) is 4.21. The third-order valence-corrected chi connectivity index (χ3v) is 4.47. The van der Waals surface area contributed by atoms with Crippen LogP contribution in [0.5, 0.6) is 0 Å². The maximum absolute atomic E-state index is 9.01. The number of aromatic nitrogens is 3. The lowest BCUT2D eigenvalue weighted by Gasteiger charge is -2.07. The van der Waals surface area contributed by atoms with Crippen LogP contribution < -0.4 is 10.3 Å². The van der Waals surface area contributed by atoms with Gasteiger partial charge in [-0.15, -0.1) is 0 Å². The molecule has 0 bridgehead atoms. The second-order valence-corrected chi connectivity index (χ2v) is 5.56. The number of aryl methyl sites for hydroxylation is 1. The minimum Gasteiger partial charge on any atom is -0.396 e. The van der Waals surface area contributed by atoms with Crippen LogP contribution in [0.25, 0.3) is 0 Å². The molecular weight excluding hydrogens is 284 g/mol. The Hall–Kier alpha value is -1.24. The van der Waals surface area contributed by atoms with Crippen LogP contribution in [-0.2, 0) is 6.42 Å². The van der Waals surface area contributed by atoms with Crippen LogP contribution in [-0.4, -0.2) is 21.7 Å². The summed E-state index contributed by atoms with van der Waals surface area (Å²) in [4.78, 5) is 9.37. The maximum Gasteiger partial charge on any atom is 0.264 e. The third-order valence-electron chi connectivity index (χ3n) is 2.91. The van der Waals surface area contributed by atoms with Gasteiger partial charge in [0, 0.05) is 26.1 Å². The molecule has 19 heavy (non-hydrogen) atoms. The molecule has 5 nitrogen and oxygen atoms in total. The van der Waals surface area contributed by atoms with Gasteiger partial charge >= 0.3 is 0 Å². The number of halogens is 1. The van der Waals surface area contributed by atoms with Gasteiger partial charge in [-0.3, -0.25) is 0 Å². The third kappa shape index (κ3) is 2.86. The van der Waals surface area contributed by atoms with Crippen LogP contribution in [0.3, 0.4) is 0 Å². The molecule has 0 aliphatic heterocycles. The quantitative estimate of drug-likeness (QED) is 0.660. The van der Waals surface area contributed by atoms with E-state index in [2.05, 4.69) is 9.97 Å². The van der Waals surface area contributed by atoms with Gasteiger partial charge in [0.15, 0.2) is 5.69 Å². The van der Waals surface area contributed by atoms with Crippen LogP contribution in [0.15, 0.2) is 11.7 Å². The molecule has 3 N–H and O–H groups in total. The predicted molar refractivity (Wildman–Crippen MR) is 75.2 cm³/mol. The SMILES string of the molecule is Cc1ncc(C(Cl)[n+]2csc(CCO)c2C)c(N)n1. The number of aliphatic hydroxyl groups excluding tert-OH is 1. The molecule has 2 rings (SSSR count). The van der Waals surface area contributed by atoms with Gasteiger partial charge in [0.05, 0.1) is 10.4 Å². The monoisotopic (exact) mass is 299 g/mol. The first-order valence-corrected chi connectivity index (χ1v) is 7.18. The highest BCUT2D eigenvalue weighted by Crippen LogP contribution is 2.24. The highest BCUT2D eigenvalue weighted by atomic mass is 35.5. The molecule has 2 heterocycles. The van der Waals surface area contributed by atoms with Crippen LogP contribution in [0.4, 0.5) is 5.82 Å². The molecule has 0 fully saturated rings. The van der Waals surface area contributed by atoms with Gasteiger partial charge < -0.3 is 10.8 Å². The topological polar surface area (TPSA) is 75.9 Å². The Bertz CT molecular complexity index is 587. The van der Waals surface area contributed by atoms with E-state index < -0.39 is 5.50 Å². The first-order chi connectivity index (χ1) is 9.04. The fourth-order valence-electron chi connectivity index (χ4n) is 1.82. The Morgan fingerprint density at radius 1 is 1.53 bits per heavy atom. The molecule has 0 aliphatic carbocycles. The van der Waals surface area contributed by atoms with E-state index in [9.17, 15) is 0 Å². The first kappa shape index (κ1) is 14.2. The van der Waals surface area contributed by atoms with Crippen molar-refractivity contribution < 1.29 is 9.67 Å². The molecular formula is C12H16ClN4OS+. The number of alkyl halides is 1. The summed E-state index contributed by atoms with van der Waals surface area (Å²) in [5.74, 6) is 1.02. The minimum absolute atomic E-state index is 0.129. The number of aliphatic hydroxyl groups is 1. The van der Waals surface area contributed by atoms with Crippen molar-refractivity contribution in [2.45, 2.75) is 25.8 Å². The number of hydrogen-bond acceptors (Lipinski definition) is 5. The molecule has 1 atom stereocenters. The number of rotatable bonds is 4. The van der Waals surface area contributed by atoms with Crippen LogP contribution in [0, 0.1) is 13.8 Å². The summed E-state index contributed by atoms with van der Waals surface area (Å²) in [5, 5.41) is 9.01. The number of nitrogens with zero attached hydrogens (tertiary/aromatic N) is 3. The van der Waals surface area contributed by atoms with Crippen molar-refractivity contribution in [1.29, 1.82) is 0 Å². The van der Waals surface area contributed by atoms with Gasteiger partial charge in [0.1, 0.15) is 11.6 Å². The Morgan fingerprint density at radius 3 is 2.89 bits per heavy atom. The summed E-state index contributed by atoms with van der Waals surface area (Å²) < 4.78 is 1.92. The van der Waals surface area contributed by atoms with Crippen molar-refractivity contribution in [2.75, 3.05) is 12.3 Å². The van der Waals surface area contributed by atoms with Crippen molar-refractivity contribution in [3.63, 3.8) is 0 Å². The summed E-state index contributed by atoms with van der Waals surface area (Å²) >= 11 is 8.02. The van der Waals surface area contributed by atoms with E-state index in [1.165, 1.54) is 0 Å². The Balaban J connectivity index is 2.36. The molecule has 0 saturated carbocycles. The second kappa shape index (κ2) is 5.81. The fourth-order valence-corrected chi connectivity index (χ4v) is 3.27. The highest BCUT2D eigenvalue weighted by Gasteiger charge is 2.27. The van der Waals surface area contributed by atoms with Crippen LogP contribution in [0.1, 0.15) is 27.5 Å². The van der Waals surface area contributed by atoms with E-state index in [-0.39, 0.29) is 6.61 Å². The van der Waals surface area contributed by atoms with Crippen molar-refractivity contribution in [3.8, 4) is 0 Å². The Labute approximate surface area is 120 Å². The van der Waals surface area contributed by atoms with Gasteiger partial charge in [-0.1, -0.05) is 11.3 Å². The van der Waals surface area contributed by atoms with E-state index in [1.807, 2.05) is 17.0 Å². The van der Waals surface area contributed by atoms with Gasteiger partial charge in [-0.25, -0.2) is 9.97 Å². The minimum atomic E-state index is -0.440. The van der Waals surface area contributed by atoms with Gasteiger partial charge in [-0.05, 0) is 18.5 Å². The van der Waals surface area contributed by atoms with Gasteiger partial charge in [-0.2, -0.15) is 4.57 Å². The number of thiazole rings is 1. The Morgan fingerprint density at radius 2 is 2.26 bits per heavy atom. The number of anilines is 1. The van der Waals surface area contributed by atoms with Gasteiger partial charge in [0.2, 0.25) is 5.51 Å². The van der Waals surface area contributed by atoms with Crippen molar-refractivity contribution in [1.82, 2.24) is 9.97 Å². The largest absolute Gasteiger partial charge is 0.396 e. The number of nitrogens with two attached hydrogens (primary N) is 1. The van der Waals surface area contributed by atoms with E-state index in [1.54, 1.807) is 24.5 Å². The lowest BCUT2D eigenvalue weighted by molar-refractivity contribution is -0.695. The molecule has 0 spiro atoms. The first-order valence-electron chi connectivity index (χ1n) is 5.86. The van der Waals surface area contributed by atoms with Crippen LogP contribution in [0.2, 0.25) is 0 Å². The molecule has 0 aliphatic rings. The smallest absolute Gasteiger partial charge is 0.264 e. The van der Waals surface area contributed by atoms with Crippen molar-refractivity contribution in [3.05, 3.63) is 33.7 Å². The highest BCUT2D eigenvalue weighted by molar-refractivity contribution is 7.09. The zero-order valence-corrected chi connectivity index (χ0v) is 12.4. The molecule has 0 amide bonds. The lowest BCUT2D eigenvalue weighted by Crippen LogP contribution is -2.38. The number of hydrogen-bond donors (Lipinski definition) is 2. The van der Waals surface area contributed by atoms with Crippen molar-refractivity contribution in [2.24, 2.45) is 0 Å². The maximum atomic E-state index is 9.01. The zero-order valence-electron chi connectivity index (χ0n) is 10.8. The molecule has 0 aromatic carbocycles. The molecule has 102 valence electrons. The van der Waals surface area contributed by atoms with E-state index in [0.717, 1.165) is 10.6 Å². The predicted octanol–water partition coefficient (Wildman–Crippen LogP) is 1.35. The molecule has 1 unspecified atom stereocenters. The van der Waals surface area contributed by atoms with Crippen molar-refractivity contribution >= 4 is 28.8 Å². The molecule has 7 heteroatoms. The Kier molecular flexibility index (Phi) is 4.34. The average molecular weight is 300 g/mol. The fraction of sp³-hybridized carbons (Fsp3) is 0.417. The van der Waals surface area contributed by atoms with E-state index in [4.69, 9.17) is 22.4 Å².